The molecular formula is C18H29FOP+. The SMILES string of the molecule is CCCC[P+](CC(=O)c1ccc(F)cc1)(C(C)C)C(C)C. The van der Waals surface area contributed by atoms with Gasteiger partial charge in [0.05, 0.1) is 17.5 Å². The molecule has 1 aromatic rings. The van der Waals surface area contributed by atoms with Crippen LogP contribution in [0.1, 0.15) is 57.8 Å². The largest absolute Gasteiger partial charge is 0.290 e. The summed E-state index contributed by atoms with van der Waals surface area (Å²) in [6.07, 6.45) is 4.21. The Kier molecular flexibility index (Phi) is 7.00. The molecule has 0 aliphatic carbocycles. The maximum Gasteiger partial charge on any atom is 0.199 e. The molecule has 0 amide bonds. The van der Waals surface area contributed by atoms with Gasteiger partial charge in [-0.2, -0.15) is 0 Å². The van der Waals surface area contributed by atoms with Crippen LogP contribution in [-0.2, 0) is 0 Å². The number of unbranched alkanes of at least 4 members (excludes halogenated alkanes) is 1. The zero-order chi connectivity index (χ0) is 16.0. The van der Waals surface area contributed by atoms with E-state index in [-0.39, 0.29) is 11.6 Å². The fourth-order valence-corrected chi connectivity index (χ4v) is 7.74. The van der Waals surface area contributed by atoms with E-state index >= 15 is 0 Å². The molecule has 0 N–H and O–H groups in total. The van der Waals surface area contributed by atoms with Crippen molar-refractivity contribution in [3.63, 3.8) is 0 Å². The summed E-state index contributed by atoms with van der Waals surface area (Å²) >= 11 is 0. The molecule has 0 fully saturated rings. The Morgan fingerprint density at radius 3 is 2.05 bits per heavy atom. The average Bonchev–Trinajstić information content (AvgIpc) is 2.43. The molecule has 0 aliphatic heterocycles. The minimum absolute atomic E-state index is 0.182. The normalized spacial score (nSPS) is 12.2. The molecule has 0 saturated heterocycles. The minimum Gasteiger partial charge on any atom is -0.290 e. The summed E-state index contributed by atoms with van der Waals surface area (Å²) in [6, 6.07) is 5.99. The molecule has 0 bridgehead atoms. The molecule has 0 spiro atoms. The molecule has 0 unspecified atom stereocenters. The van der Waals surface area contributed by atoms with Crippen LogP contribution in [0.15, 0.2) is 24.3 Å². The van der Waals surface area contributed by atoms with Crippen LogP contribution < -0.4 is 0 Å². The van der Waals surface area contributed by atoms with Crippen LogP contribution in [0, 0.1) is 5.82 Å². The number of ketones is 1. The monoisotopic (exact) mass is 311 g/mol. The van der Waals surface area contributed by atoms with Gasteiger partial charge in [-0.05, 0) is 58.4 Å². The van der Waals surface area contributed by atoms with Crippen molar-refractivity contribution in [3.8, 4) is 0 Å². The third-order valence-electron chi connectivity index (χ3n) is 4.59. The molecule has 0 radical (unpaired) electrons. The van der Waals surface area contributed by atoms with Gasteiger partial charge in [-0.25, -0.2) is 4.39 Å². The van der Waals surface area contributed by atoms with Gasteiger partial charge in [-0.1, -0.05) is 13.3 Å². The molecule has 1 aromatic carbocycles. The smallest absolute Gasteiger partial charge is 0.199 e. The molecule has 0 heterocycles. The topological polar surface area (TPSA) is 17.1 Å². The van der Waals surface area contributed by atoms with E-state index in [1.807, 2.05) is 0 Å². The van der Waals surface area contributed by atoms with Crippen molar-refractivity contribution >= 4 is 13.0 Å². The molecule has 3 heteroatoms. The Morgan fingerprint density at radius 1 is 1.10 bits per heavy atom. The zero-order valence-electron chi connectivity index (χ0n) is 14.0. The van der Waals surface area contributed by atoms with Gasteiger partial charge in [0.2, 0.25) is 0 Å². The van der Waals surface area contributed by atoms with Gasteiger partial charge in [-0.15, -0.1) is 0 Å². The van der Waals surface area contributed by atoms with Gasteiger partial charge < -0.3 is 0 Å². The van der Waals surface area contributed by atoms with Crippen LogP contribution in [0.4, 0.5) is 4.39 Å². The maximum absolute atomic E-state index is 13.0. The van der Waals surface area contributed by atoms with E-state index < -0.39 is 7.26 Å². The van der Waals surface area contributed by atoms with E-state index in [0.29, 0.717) is 23.0 Å². The van der Waals surface area contributed by atoms with Gasteiger partial charge in [0, 0.05) is 12.8 Å². The molecule has 0 atom stereocenters. The number of benzene rings is 1. The van der Waals surface area contributed by atoms with Crippen molar-refractivity contribution in [2.24, 2.45) is 0 Å². The Hall–Kier alpha value is -0.750. The summed E-state index contributed by atoms with van der Waals surface area (Å²) < 4.78 is 13.0. The van der Waals surface area contributed by atoms with Crippen LogP contribution in [-0.4, -0.2) is 29.4 Å². The van der Waals surface area contributed by atoms with Crippen molar-refractivity contribution in [1.82, 2.24) is 0 Å². The van der Waals surface area contributed by atoms with Crippen LogP contribution >= 0.6 is 7.26 Å². The van der Waals surface area contributed by atoms with Gasteiger partial charge >= 0.3 is 0 Å². The minimum atomic E-state index is -1.33. The second-order valence-corrected chi connectivity index (χ2v) is 11.5. The van der Waals surface area contributed by atoms with E-state index in [1.165, 1.54) is 31.1 Å². The predicted molar refractivity (Wildman–Crippen MR) is 92.6 cm³/mol. The fourth-order valence-electron chi connectivity index (χ4n) is 3.00. The first kappa shape index (κ1) is 18.3. The Labute approximate surface area is 129 Å². The highest BCUT2D eigenvalue weighted by Gasteiger charge is 2.45. The Morgan fingerprint density at radius 2 is 1.62 bits per heavy atom. The fraction of sp³-hybridized carbons (Fsp3) is 0.611. The Bertz CT molecular complexity index is 443. The summed E-state index contributed by atoms with van der Waals surface area (Å²) in [5.41, 5.74) is 1.78. The number of rotatable bonds is 8. The molecular weight excluding hydrogens is 282 g/mol. The van der Waals surface area contributed by atoms with Crippen LogP contribution in [0.25, 0.3) is 0 Å². The third kappa shape index (κ3) is 4.61. The highest BCUT2D eigenvalue weighted by molar-refractivity contribution is 7.77. The number of carbonyl (C=O) groups is 1. The van der Waals surface area contributed by atoms with Crippen molar-refractivity contribution < 1.29 is 9.18 Å². The third-order valence-corrected chi connectivity index (χ3v) is 10.7. The number of carbonyl (C=O) groups excluding carboxylic acids is 1. The molecule has 118 valence electrons. The molecule has 0 aliphatic rings. The number of Topliss-reactive ketones (excluding diaryl/α,β-unsaturated/α-hetero) is 1. The maximum atomic E-state index is 13.0. The van der Waals surface area contributed by atoms with E-state index in [0.717, 1.165) is 0 Å². The van der Waals surface area contributed by atoms with Gasteiger partial charge in [0.15, 0.2) is 5.78 Å². The van der Waals surface area contributed by atoms with Crippen LogP contribution in [0.2, 0.25) is 0 Å². The lowest BCUT2D eigenvalue weighted by atomic mass is 10.1. The highest BCUT2D eigenvalue weighted by Crippen LogP contribution is 2.67. The first-order valence-corrected chi connectivity index (χ1v) is 10.3. The first-order chi connectivity index (χ1) is 9.83. The lowest BCUT2D eigenvalue weighted by molar-refractivity contribution is 0.102. The van der Waals surface area contributed by atoms with Gasteiger partial charge in [-0.3, -0.25) is 4.79 Å². The van der Waals surface area contributed by atoms with Crippen molar-refractivity contribution in [2.45, 2.75) is 58.8 Å². The lowest BCUT2D eigenvalue weighted by Gasteiger charge is -2.34. The average molecular weight is 311 g/mol. The van der Waals surface area contributed by atoms with Crippen molar-refractivity contribution in [1.29, 1.82) is 0 Å². The Balaban J connectivity index is 2.99. The molecule has 1 nitrogen and oxygen atoms in total. The van der Waals surface area contributed by atoms with E-state index in [4.69, 9.17) is 0 Å². The lowest BCUT2D eigenvalue weighted by Crippen LogP contribution is -2.26. The molecule has 0 aromatic heterocycles. The van der Waals surface area contributed by atoms with Crippen molar-refractivity contribution in [3.05, 3.63) is 35.6 Å². The quantitative estimate of drug-likeness (QED) is 0.448. The standard InChI is InChI=1S/C18H29FOP/c1-6-7-12-21(14(2)3,15(4)5)13-18(20)16-8-10-17(19)11-9-16/h8-11,14-15H,6-7,12-13H2,1-5H3/q+1. The zero-order valence-corrected chi connectivity index (χ0v) is 14.9. The van der Waals surface area contributed by atoms with E-state index in [9.17, 15) is 9.18 Å². The summed E-state index contributed by atoms with van der Waals surface area (Å²) in [5.74, 6) is -0.104. The number of hydrogen-bond acceptors (Lipinski definition) is 1. The van der Waals surface area contributed by atoms with Gasteiger partial charge in [0.25, 0.3) is 0 Å². The summed E-state index contributed by atoms with van der Waals surface area (Å²) in [5, 5.41) is 0. The number of halogens is 1. The number of hydrogen-bond donors (Lipinski definition) is 0. The van der Waals surface area contributed by atoms with Gasteiger partial charge in [0.1, 0.15) is 12.0 Å². The van der Waals surface area contributed by atoms with Crippen LogP contribution in [0.5, 0.6) is 0 Å². The molecule has 21 heavy (non-hydrogen) atoms. The van der Waals surface area contributed by atoms with E-state index in [2.05, 4.69) is 34.6 Å². The predicted octanol–water partition coefficient (Wildman–Crippen LogP) is 5.64. The highest BCUT2D eigenvalue weighted by atomic mass is 31.2. The summed E-state index contributed by atoms with van der Waals surface area (Å²) in [6.45, 7) is 11.3. The van der Waals surface area contributed by atoms with Crippen molar-refractivity contribution in [2.75, 3.05) is 12.3 Å². The van der Waals surface area contributed by atoms with E-state index in [1.54, 1.807) is 12.1 Å². The molecule has 1 rings (SSSR count). The first-order valence-electron chi connectivity index (χ1n) is 7.98. The summed E-state index contributed by atoms with van der Waals surface area (Å²) in [4.78, 5) is 12.6. The molecule has 0 saturated carbocycles. The second-order valence-electron chi connectivity index (χ2n) is 6.46. The van der Waals surface area contributed by atoms with Crippen LogP contribution in [0.3, 0.4) is 0 Å². The summed E-state index contributed by atoms with van der Waals surface area (Å²) in [7, 11) is -1.33. The second kappa shape index (κ2) is 8.03.